The van der Waals surface area contributed by atoms with Gasteiger partial charge in [-0.05, 0) is 41.7 Å². The Balaban J connectivity index is 1.86. The SMILES string of the molecule is O=C(/C=C/C(=C/c1ccccc1)c1ccccc1)N1CCCC1. The van der Waals surface area contributed by atoms with Gasteiger partial charge in [0.1, 0.15) is 0 Å². The lowest BCUT2D eigenvalue weighted by atomic mass is 10.0. The molecule has 0 spiro atoms. The van der Waals surface area contributed by atoms with E-state index < -0.39 is 0 Å². The van der Waals surface area contributed by atoms with E-state index in [1.807, 2.05) is 47.4 Å². The van der Waals surface area contributed by atoms with Gasteiger partial charge in [-0.15, -0.1) is 0 Å². The third-order valence-corrected chi connectivity index (χ3v) is 4.05. The maximum absolute atomic E-state index is 12.2. The highest BCUT2D eigenvalue weighted by Gasteiger charge is 2.15. The Morgan fingerprint density at radius 2 is 1.43 bits per heavy atom. The Bertz CT molecular complexity index is 695. The zero-order valence-corrected chi connectivity index (χ0v) is 13.2. The molecule has 0 saturated carbocycles. The average molecular weight is 303 g/mol. The van der Waals surface area contributed by atoms with Crippen LogP contribution in [0, 0.1) is 0 Å². The Labute approximate surface area is 137 Å². The van der Waals surface area contributed by atoms with Crippen molar-refractivity contribution in [2.45, 2.75) is 12.8 Å². The molecule has 0 unspecified atom stereocenters. The van der Waals surface area contributed by atoms with Gasteiger partial charge in [0.2, 0.25) is 5.91 Å². The molecule has 1 fully saturated rings. The summed E-state index contributed by atoms with van der Waals surface area (Å²) in [5.74, 6) is 0.109. The van der Waals surface area contributed by atoms with Crippen molar-refractivity contribution in [2.75, 3.05) is 13.1 Å². The van der Waals surface area contributed by atoms with Crippen molar-refractivity contribution in [3.8, 4) is 0 Å². The summed E-state index contributed by atoms with van der Waals surface area (Å²) in [5.41, 5.74) is 3.29. The highest BCUT2D eigenvalue weighted by Crippen LogP contribution is 2.20. The number of nitrogens with zero attached hydrogens (tertiary/aromatic N) is 1. The molecule has 1 aliphatic rings. The number of carbonyl (C=O) groups excluding carboxylic acids is 1. The Kier molecular flexibility index (Phi) is 5.05. The lowest BCUT2D eigenvalue weighted by Crippen LogP contribution is -2.25. The second-order valence-corrected chi connectivity index (χ2v) is 5.74. The predicted molar refractivity (Wildman–Crippen MR) is 95.7 cm³/mol. The number of benzene rings is 2. The first-order valence-corrected chi connectivity index (χ1v) is 8.12. The second kappa shape index (κ2) is 7.59. The summed E-state index contributed by atoms with van der Waals surface area (Å²) in [6.45, 7) is 1.76. The van der Waals surface area contributed by atoms with Crippen molar-refractivity contribution >= 4 is 17.6 Å². The van der Waals surface area contributed by atoms with Gasteiger partial charge in [0.15, 0.2) is 0 Å². The van der Waals surface area contributed by atoms with E-state index in [1.54, 1.807) is 6.08 Å². The highest BCUT2D eigenvalue weighted by atomic mass is 16.2. The molecule has 0 N–H and O–H groups in total. The van der Waals surface area contributed by atoms with Crippen LogP contribution in [-0.2, 0) is 4.79 Å². The fraction of sp³-hybridized carbons (Fsp3) is 0.190. The van der Waals surface area contributed by atoms with Crippen LogP contribution < -0.4 is 0 Å². The first-order chi connectivity index (χ1) is 11.3. The van der Waals surface area contributed by atoms with Crippen LogP contribution in [0.4, 0.5) is 0 Å². The van der Waals surface area contributed by atoms with Crippen LogP contribution in [0.3, 0.4) is 0 Å². The quantitative estimate of drug-likeness (QED) is 0.465. The molecule has 2 aromatic carbocycles. The first-order valence-electron chi connectivity index (χ1n) is 8.12. The molecule has 3 rings (SSSR count). The van der Waals surface area contributed by atoms with Crippen molar-refractivity contribution < 1.29 is 4.79 Å². The first kappa shape index (κ1) is 15.3. The molecule has 1 saturated heterocycles. The van der Waals surface area contributed by atoms with E-state index in [1.165, 1.54) is 0 Å². The molecule has 0 aliphatic carbocycles. The summed E-state index contributed by atoms with van der Waals surface area (Å²) in [6, 6.07) is 20.4. The van der Waals surface area contributed by atoms with Gasteiger partial charge in [0.25, 0.3) is 0 Å². The van der Waals surface area contributed by atoms with Crippen LogP contribution in [0.2, 0.25) is 0 Å². The van der Waals surface area contributed by atoms with E-state index in [2.05, 4.69) is 30.3 Å². The molecule has 116 valence electrons. The van der Waals surface area contributed by atoms with E-state index in [4.69, 9.17) is 0 Å². The van der Waals surface area contributed by atoms with Crippen LogP contribution in [0.5, 0.6) is 0 Å². The van der Waals surface area contributed by atoms with E-state index in [0.717, 1.165) is 42.6 Å². The summed E-state index contributed by atoms with van der Waals surface area (Å²) in [6.07, 6.45) is 7.98. The molecule has 23 heavy (non-hydrogen) atoms. The van der Waals surface area contributed by atoms with Gasteiger partial charge in [0.05, 0.1) is 0 Å². The van der Waals surface area contributed by atoms with Crippen molar-refractivity contribution in [3.63, 3.8) is 0 Å². The molecular formula is C21H21NO. The summed E-state index contributed by atoms with van der Waals surface area (Å²) >= 11 is 0. The zero-order chi connectivity index (χ0) is 15.9. The minimum atomic E-state index is 0.109. The number of hydrogen-bond donors (Lipinski definition) is 0. The molecular weight excluding hydrogens is 282 g/mol. The predicted octanol–water partition coefficient (Wildman–Crippen LogP) is 4.41. The van der Waals surface area contributed by atoms with E-state index in [0.29, 0.717) is 0 Å². The van der Waals surface area contributed by atoms with Gasteiger partial charge in [0, 0.05) is 19.2 Å². The van der Waals surface area contributed by atoms with E-state index in [-0.39, 0.29) is 5.91 Å². The molecule has 0 bridgehead atoms. The maximum Gasteiger partial charge on any atom is 0.246 e. The molecule has 2 nitrogen and oxygen atoms in total. The maximum atomic E-state index is 12.2. The molecule has 0 atom stereocenters. The van der Waals surface area contributed by atoms with Gasteiger partial charge in [-0.3, -0.25) is 4.79 Å². The molecule has 2 heteroatoms. The van der Waals surface area contributed by atoms with Crippen LogP contribution in [0.25, 0.3) is 11.6 Å². The fourth-order valence-corrected chi connectivity index (χ4v) is 2.79. The number of allylic oxidation sites excluding steroid dienone is 2. The summed E-state index contributed by atoms with van der Waals surface area (Å²) in [7, 11) is 0. The molecule has 2 aromatic rings. The summed E-state index contributed by atoms with van der Waals surface area (Å²) in [5, 5.41) is 0. The fourth-order valence-electron chi connectivity index (χ4n) is 2.79. The van der Waals surface area contributed by atoms with Crippen molar-refractivity contribution in [3.05, 3.63) is 83.9 Å². The number of hydrogen-bond acceptors (Lipinski definition) is 1. The Morgan fingerprint density at radius 3 is 2.09 bits per heavy atom. The lowest BCUT2D eigenvalue weighted by Gasteiger charge is -2.12. The standard InChI is InChI=1S/C21H21NO/c23-21(22-15-7-8-16-22)14-13-20(19-11-5-2-6-12-19)17-18-9-3-1-4-10-18/h1-6,9-14,17H,7-8,15-16H2/b14-13+,20-17-. The van der Waals surface area contributed by atoms with Gasteiger partial charge in [-0.25, -0.2) is 0 Å². The third-order valence-electron chi connectivity index (χ3n) is 4.05. The van der Waals surface area contributed by atoms with E-state index >= 15 is 0 Å². The minimum Gasteiger partial charge on any atom is -0.339 e. The number of likely N-dealkylation sites (tertiary alicyclic amines) is 1. The number of carbonyl (C=O) groups is 1. The van der Waals surface area contributed by atoms with Crippen LogP contribution >= 0.6 is 0 Å². The number of amides is 1. The van der Waals surface area contributed by atoms with Crippen LogP contribution in [0.15, 0.2) is 72.8 Å². The normalized spacial score (nSPS) is 15.3. The lowest BCUT2D eigenvalue weighted by molar-refractivity contribution is -0.124. The van der Waals surface area contributed by atoms with E-state index in [9.17, 15) is 4.79 Å². The zero-order valence-electron chi connectivity index (χ0n) is 13.2. The molecule has 0 radical (unpaired) electrons. The van der Waals surface area contributed by atoms with Crippen molar-refractivity contribution in [1.29, 1.82) is 0 Å². The third kappa shape index (κ3) is 4.19. The van der Waals surface area contributed by atoms with Gasteiger partial charge < -0.3 is 4.90 Å². The summed E-state index contributed by atoms with van der Waals surface area (Å²) < 4.78 is 0. The Hall–Kier alpha value is -2.61. The Morgan fingerprint density at radius 1 is 0.826 bits per heavy atom. The molecule has 1 amide bonds. The van der Waals surface area contributed by atoms with Crippen molar-refractivity contribution in [1.82, 2.24) is 4.90 Å². The van der Waals surface area contributed by atoms with Crippen LogP contribution in [0.1, 0.15) is 24.0 Å². The van der Waals surface area contributed by atoms with Crippen molar-refractivity contribution in [2.24, 2.45) is 0 Å². The number of rotatable bonds is 4. The molecule has 1 aliphatic heterocycles. The molecule has 0 aromatic heterocycles. The second-order valence-electron chi connectivity index (χ2n) is 5.74. The van der Waals surface area contributed by atoms with Gasteiger partial charge >= 0.3 is 0 Å². The van der Waals surface area contributed by atoms with Crippen LogP contribution in [-0.4, -0.2) is 23.9 Å². The molecule has 1 heterocycles. The summed E-state index contributed by atoms with van der Waals surface area (Å²) in [4.78, 5) is 14.2. The monoisotopic (exact) mass is 303 g/mol. The minimum absolute atomic E-state index is 0.109. The largest absolute Gasteiger partial charge is 0.339 e. The average Bonchev–Trinajstić information content (AvgIpc) is 3.15. The topological polar surface area (TPSA) is 20.3 Å². The smallest absolute Gasteiger partial charge is 0.246 e. The van der Waals surface area contributed by atoms with Gasteiger partial charge in [-0.2, -0.15) is 0 Å². The highest BCUT2D eigenvalue weighted by molar-refractivity contribution is 5.94. The van der Waals surface area contributed by atoms with Gasteiger partial charge in [-0.1, -0.05) is 60.7 Å².